The van der Waals surface area contributed by atoms with Crippen molar-refractivity contribution in [3.63, 3.8) is 0 Å². The van der Waals surface area contributed by atoms with E-state index in [1.165, 1.54) is 270 Å². The molecule has 0 aliphatic rings. The minimum absolute atomic E-state index is 0.00738. The maximum absolute atomic E-state index is 12.5. The highest BCUT2D eigenvalue weighted by atomic mass is 16.5. The zero-order valence-electron chi connectivity index (χ0n) is 46.6. The lowest BCUT2D eigenvalue weighted by Gasteiger charge is -2.20. The van der Waals surface area contributed by atoms with E-state index < -0.39 is 12.1 Å². The molecule has 0 aromatic rings. The Labute approximate surface area is 431 Å². The largest absolute Gasteiger partial charge is 0.466 e. The molecular weight excluding hydrogens is 851 g/mol. The predicted octanol–water partition coefficient (Wildman–Crippen LogP) is 19.4. The molecule has 0 aliphatic heterocycles. The molecule has 0 saturated heterocycles. The average molecular weight is 973 g/mol. The number of esters is 1. The maximum Gasteiger partial charge on any atom is 0.305 e. The van der Waals surface area contributed by atoms with Crippen molar-refractivity contribution in [2.45, 2.75) is 353 Å². The van der Waals surface area contributed by atoms with Crippen LogP contribution in [-0.4, -0.2) is 47.4 Å². The van der Waals surface area contributed by atoms with Gasteiger partial charge in [-0.1, -0.05) is 295 Å². The summed E-state index contributed by atoms with van der Waals surface area (Å²) in [5.41, 5.74) is 0. The van der Waals surface area contributed by atoms with Crippen LogP contribution in [0.15, 0.2) is 24.3 Å². The fourth-order valence-corrected chi connectivity index (χ4v) is 9.69. The number of unbranched alkanes of at least 4 members (excludes halogenated alkanes) is 45. The van der Waals surface area contributed by atoms with Crippen LogP contribution in [0.2, 0.25) is 0 Å². The van der Waals surface area contributed by atoms with Gasteiger partial charge in [-0.3, -0.25) is 9.59 Å². The maximum atomic E-state index is 12.5. The quantitative estimate of drug-likeness (QED) is 0.0321. The van der Waals surface area contributed by atoms with Gasteiger partial charge in [-0.05, 0) is 57.8 Å². The number of carbonyl (C=O) groups is 2. The molecule has 0 rings (SSSR count). The lowest BCUT2D eigenvalue weighted by molar-refractivity contribution is -0.143. The first-order chi connectivity index (χ1) is 34.0. The molecule has 0 radical (unpaired) electrons. The summed E-state index contributed by atoms with van der Waals surface area (Å²) in [5, 5.41) is 23.1. The first kappa shape index (κ1) is 67.3. The van der Waals surface area contributed by atoms with E-state index in [2.05, 4.69) is 31.3 Å². The number of rotatable bonds is 58. The zero-order valence-corrected chi connectivity index (χ0v) is 46.6. The summed E-state index contributed by atoms with van der Waals surface area (Å²) in [7, 11) is 0. The smallest absolute Gasteiger partial charge is 0.305 e. The Morgan fingerprint density at radius 3 is 1.03 bits per heavy atom. The van der Waals surface area contributed by atoms with Gasteiger partial charge in [0.15, 0.2) is 0 Å². The lowest BCUT2D eigenvalue weighted by Crippen LogP contribution is -2.45. The second-order valence-electron chi connectivity index (χ2n) is 21.4. The Bertz CT molecular complexity index is 1080. The van der Waals surface area contributed by atoms with Crippen LogP contribution >= 0.6 is 0 Å². The number of aliphatic hydroxyl groups is 2. The summed E-state index contributed by atoms with van der Waals surface area (Å²) >= 11 is 0. The van der Waals surface area contributed by atoms with Crippen LogP contribution in [0.4, 0.5) is 0 Å². The lowest BCUT2D eigenvalue weighted by atomic mass is 10.0. The molecule has 0 saturated carbocycles. The standard InChI is InChI=1S/C63H121NO5/c1-3-5-7-9-11-13-15-17-19-20-26-29-33-37-41-45-49-53-57-63(68)69-58-54-50-46-42-38-34-30-27-24-22-21-23-25-28-32-36-40-44-48-52-56-62(67)64-60(59-65)61(66)55-51-47-43-39-35-31-18-16-14-12-10-8-6-4-2/h19-20,51,55,60-61,65-66H,3-18,21-50,52-54,56-59H2,1-2H3,(H,64,67)/b20-19-,55-51+. The first-order valence-electron chi connectivity index (χ1n) is 31.1. The molecule has 2 unspecified atom stereocenters. The van der Waals surface area contributed by atoms with Crippen molar-refractivity contribution in [3.05, 3.63) is 24.3 Å². The van der Waals surface area contributed by atoms with Crippen LogP contribution in [0.1, 0.15) is 341 Å². The van der Waals surface area contributed by atoms with Crippen LogP contribution in [0.25, 0.3) is 0 Å². The highest BCUT2D eigenvalue weighted by Gasteiger charge is 2.18. The number of ether oxygens (including phenoxy) is 1. The molecule has 0 heterocycles. The number of hydrogen-bond acceptors (Lipinski definition) is 5. The number of amides is 1. The number of allylic oxidation sites excluding steroid dienone is 3. The monoisotopic (exact) mass is 972 g/mol. The number of aliphatic hydroxyl groups excluding tert-OH is 2. The van der Waals surface area contributed by atoms with Crippen molar-refractivity contribution in [2.24, 2.45) is 0 Å². The van der Waals surface area contributed by atoms with E-state index in [4.69, 9.17) is 4.74 Å². The number of carbonyl (C=O) groups excluding carboxylic acids is 2. The van der Waals surface area contributed by atoms with Gasteiger partial charge in [-0.25, -0.2) is 0 Å². The molecule has 0 aromatic carbocycles. The Kier molecular flexibility index (Phi) is 57.5. The van der Waals surface area contributed by atoms with Crippen LogP contribution in [0.5, 0.6) is 0 Å². The molecule has 0 aliphatic carbocycles. The number of hydrogen-bond donors (Lipinski definition) is 3. The van der Waals surface area contributed by atoms with Gasteiger partial charge in [0.25, 0.3) is 0 Å². The van der Waals surface area contributed by atoms with E-state index in [1.807, 2.05) is 6.08 Å². The van der Waals surface area contributed by atoms with Gasteiger partial charge in [0, 0.05) is 12.8 Å². The highest BCUT2D eigenvalue weighted by molar-refractivity contribution is 5.76. The third-order valence-electron chi connectivity index (χ3n) is 14.5. The van der Waals surface area contributed by atoms with E-state index in [0.29, 0.717) is 19.4 Å². The molecule has 69 heavy (non-hydrogen) atoms. The molecule has 0 spiro atoms. The van der Waals surface area contributed by atoms with Gasteiger partial charge in [-0.2, -0.15) is 0 Å². The summed E-state index contributed by atoms with van der Waals surface area (Å²) in [4.78, 5) is 24.5. The fourth-order valence-electron chi connectivity index (χ4n) is 9.69. The highest BCUT2D eigenvalue weighted by Crippen LogP contribution is 2.17. The molecule has 6 nitrogen and oxygen atoms in total. The van der Waals surface area contributed by atoms with Crippen molar-refractivity contribution in [1.82, 2.24) is 5.32 Å². The van der Waals surface area contributed by atoms with Crippen LogP contribution < -0.4 is 5.32 Å². The van der Waals surface area contributed by atoms with E-state index >= 15 is 0 Å². The average Bonchev–Trinajstić information content (AvgIpc) is 3.35. The molecule has 1 amide bonds. The topological polar surface area (TPSA) is 95.9 Å². The molecular formula is C63H121NO5. The predicted molar refractivity (Wildman–Crippen MR) is 301 cm³/mol. The summed E-state index contributed by atoms with van der Waals surface area (Å²) in [6.45, 7) is 4.91. The van der Waals surface area contributed by atoms with Crippen LogP contribution in [0.3, 0.4) is 0 Å². The molecule has 0 bridgehead atoms. The molecule has 2 atom stereocenters. The summed E-state index contributed by atoms with van der Waals surface area (Å²) < 4.78 is 5.49. The minimum Gasteiger partial charge on any atom is -0.466 e. The van der Waals surface area contributed by atoms with Crippen molar-refractivity contribution < 1.29 is 24.5 Å². The van der Waals surface area contributed by atoms with Crippen LogP contribution in [-0.2, 0) is 14.3 Å². The molecule has 3 N–H and O–H groups in total. The number of nitrogens with one attached hydrogen (secondary N) is 1. The summed E-state index contributed by atoms with van der Waals surface area (Å²) in [5.74, 6) is -0.0612. The van der Waals surface area contributed by atoms with Crippen LogP contribution in [0, 0.1) is 0 Å². The zero-order chi connectivity index (χ0) is 50.0. The molecule has 0 fully saturated rings. The van der Waals surface area contributed by atoms with E-state index in [-0.39, 0.29) is 18.5 Å². The third-order valence-corrected chi connectivity index (χ3v) is 14.5. The SMILES string of the molecule is CCCCCCCCC/C=C\CCCCCCCCCC(=O)OCCCCCCCCCCCCCCCCCCCCCCC(=O)NC(CO)C(O)/C=C/CCCCCCCCCCCCCC. The summed E-state index contributed by atoms with van der Waals surface area (Å²) in [6.07, 6.45) is 72.1. The normalized spacial score (nSPS) is 12.7. The van der Waals surface area contributed by atoms with E-state index in [9.17, 15) is 19.8 Å². The minimum atomic E-state index is -0.845. The molecule has 0 aromatic heterocycles. The van der Waals surface area contributed by atoms with E-state index in [0.717, 1.165) is 44.9 Å². The molecule has 408 valence electrons. The van der Waals surface area contributed by atoms with Crippen molar-refractivity contribution in [1.29, 1.82) is 0 Å². The summed E-state index contributed by atoms with van der Waals surface area (Å²) in [6, 6.07) is -0.629. The Morgan fingerprint density at radius 2 is 0.681 bits per heavy atom. The van der Waals surface area contributed by atoms with Gasteiger partial charge in [-0.15, -0.1) is 0 Å². The van der Waals surface area contributed by atoms with Gasteiger partial charge >= 0.3 is 5.97 Å². The Morgan fingerprint density at radius 1 is 0.391 bits per heavy atom. The fraction of sp³-hybridized carbons (Fsp3) is 0.905. The van der Waals surface area contributed by atoms with Gasteiger partial charge in [0.2, 0.25) is 5.91 Å². The van der Waals surface area contributed by atoms with Gasteiger partial charge in [0.05, 0.1) is 25.4 Å². The first-order valence-corrected chi connectivity index (χ1v) is 31.1. The van der Waals surface area contributed by atoms with Crippen molar-refractivity contribution in [3.8, 4) is 0 Å². The van der Waals surface area contributed by atoms with Gasteiger partial charge in [0.1, 0.15) is 0 Å². The Balaban J connectivity index is 3.39. The third kappa shape index (κ3) is 55.5. The van der Waals surface area contributed by atoms with Crippen molar-refractivity contribution >= 4 is 11.9 Å². The molecule has 6 heteroatoms. The second kappa shape index (κ2) is 58.9. The Hall–Kier alpha value is -1.66. The van der Waals surface area contributed by atoms with Gasteiger partial charge < -0.3 is 20.3 Å². The van der Waals surface area contributed by atoms with Crippen molar-refractivity contribution in [2.75, 3.05) is 13.2 Å². The second-order valence-corrected chi connectivity index (χ2v) is 21.4. The van der Waals surface area contributed by atoms with E-state index in [1.54, 1.807) is 6.08 Å².